The van der Waals surface area contributed by atoms with E-state index < -0.39 is 0 Å². The Morgan fingerprint density at radius 3 is 2.52 bits per heavy atom. The first-order chi connectivity index (χ1) is 14.1. The largest absolute Gasteiger partial charge is 0.370 e. The van der Waals surface area contributed by atoms with Crippen molar-refractivity contribution in [3.63, 3.8) is 0 Å². The van der Waals surface area contributed by atoms with Crippen LogP contribution in [-0.4, -0.2) is 43.0 Å². The number of carbonyl (C=O) groups is 2. The highest BCUT2D eigenvalue weighted by atomic mass is 19.1. The summed E-state index contributed by atoms with van der Waals surface area (Å²) in [6.07, 6.45) is 4.59. The van der Waals surface area contributed by atoms with Gasteiger partial charge in [-0.3, -0.25) is 9.59 Å². The molecule has 0 spiro atoms. The SMILES string of the molecule is O=C(/C=C/c1ccc(N2CCCC2=O)cc1)N1CCOC(c2ccc(F)cc2)C1. The fourth-order valence-electron chi connectivity index (χ4n) is 3.69. The van der Waals surface area contributed by atoms with Gasteiger partial charge in [0.1, 0.15) is 11.9 Å². The van der Waals surface area contributed by atoms with Crippen LogP contribution in [0.15, 0.2) is 54.6 Å². The van der Waals surface area contributed by atoms with Gasteiger partial charge in [0.15, 0.2) is 0 Å². The summed E-state index contributed by atoms with van der Waals surface area (Å²) in [5, 5.41) is 0. The van der Waals surface area contributed by atoms with E-state index in [9.17, 15) is 14.0 Å². The molecule has 5 nitrogen and oxygen atoms in total. The lowest BCUT2D eigenvalue weighted by Crippen LogP contribution is -2.41. The molecule has 2 aromatic rings. The van der Waals surface area contributed by atoms with Crippen LogP contribution in [-0.2, 0) is 14.3 Å². The standard InChI is InChI=1S/C23H23FN2O3/c24-19-8-6-18(7-9-19)21-16-25(14-15-29-21)22(27)12-5-17-3-10-20(11-4-17)26-13-1-2-23(26)28/h3-12,21H,1-2,13-16H2/b12-5+. The number of carbonyl (C=O) groups excluding carboxylic acids is 2. The maximum Gasteiger partial charge on any atom is 0.246 e. The monoisotopic (exact) mass is 394 g/mol. The molecule has 0 saturated carbocycles. The van der Waals surface area contributed by atoms with E-state index in [1.807, 2.05) is 24.3 Å². The van der Waals surface area contributed by atoms with Crippen molar-refractivity contribution in [2.24, 2.45) is 0 Å². The predicted octanol–water partition coefficient (Wildman–Crippen LogP) is 3.57. The fourth-order valence-corrected chi connectivity index (χ4v) is 3.69. The van der Waals surface area contributed by atoms with E-state index in [1.54, 1.807) is 34.1 Å². The molecule has 2 amide bonds. The zero-order valence-electron chi connectivity index (χ0n) is 16.1. The van der Waals surface area contributed by atoms with Crippen LogP contribution in [0.1, 0.15) is 30.1 Å². The Balaban J connectivity index is 1.37. The molecule has 0 radical (unpaired) electrons. The molecule has 2 heterocycles. The topological polar surface area (TPSA) is 49.9 Å². The molecule has 0 aromatic heterocycles. The van der Waals surface area contributed by atoms with Gasteiger partial charge in [-0.05, 0) is 47.9 Å². The van der Waals surface area contributed by atoms with Crippen molar-refractivity contribution >= 4 is 23.6 Å². The number of ether oxygens (including phenoxy) is 1. The van der Waals surface area contributed by atoms with Crippen LogP contribution >= 0.6 is 0 Å². The summed E-state index contributed by atoms with van der Waals surface area (Å²) < 4.78 is 18.9. The molecule has 4 rings (SSSR count). The lowest BCUT2D eigenvalue weighted by atomic mass is 10.1. The third-order valence-electron chi connectivity index (χ3n) is 5.32. The number of hydrogen-bond donors (Lipinski definition) is 0. The summed E-state index contributed by atoms with van der Waals surface area (Å²) in [5.41, 5.74) is 2.66. The van der Waals surface area contributed by atoms with E-state index in [0.717, 1.165) is 29.8 Å². The molecule has 1 unspecified atom stereocenters. The minimum atomic E-state index is -0.291. The van der Waals surface area contributed by atoms with Gasteiger partial charge in [0.2, 0.25) is 11.8 Å². The van der Waals surface area contributed by atoms with Gasteiger partial charge >= 0.3 is 0 Å². The van der Waals surface area contributed by atoms with Crippen molar-refractivity contribution in [3.05, 3.63) is 71.6 Å². The molecule has 2 saturated heterocycles. The second kappa shape index (κ2) is 8.57. The van der Waals surface area contributed by atoms with Crippen molar-refractivity contribution in [2.45, 2.75) is 18.9 Å². The Morgan fingerprint density at radius 2 is 1.83 bits per heavy atom. The highest BCUT2D eigenvalue weighted by Crippen LogP contribution is 2.24. The molecular formula is C23H23FN2O3. The van der Waals surface area contributed by atoms with Crippen LogP contribution < -0.4 is 4.90 Å². The van der Waals surface area contributed by atoms with Crippen LogP contribution in [0.25, 0.3) is 6.08 Å². The molecule has 0 N–H and O–H groups in total. The molecule has 2 aliphatic rings. The van der Waals surface area contributed by atoms with Gasteiger partial charge in [-0.1, -0.05) is 24.3 Å². The van der Waals surface area contributed by atoms with Gasteiger partial charge < -0.3 is 14.5 Å². The summed E-state index contributed by atoms with van der Waals surface area (Å²) in [4.78, 5) is 28.0. The summed E-state index contributed by atoms with van der Waals surface area (Å²) in [5.74, 6) is -0.216. The zero-order valence-corrected chi connectivity index (χ0v) is 16.1. The van der Waals surface area contributed by atoms with Crippen molar-refractivity contribution in [3.8, 4) is 0 Å². The molecule has 0 bridgehead atoms. The van der Waals surface area contributed by atoms with Gasteiger partial charge in [-0.2, -0.15) is 0 Å². The number of benzene rings is 2. The van der Waals surface area contributed by atoms with E-state index in [2.05, 4.69) is 0 Å². The smallest absolute Gasteiger partial charge is 0.246 e. The first-order valence-corrected chi connectivity index (χ1v) is 9.85. The van der Waals surface area contributed by atoms with Crippen LogP contribution in [0.4, 0.5) is 10.1 Å². The molecule has 0 aliphatic carbocycles. The Bertz CT molecular complexity index is 909. The Morgan fingerprint density at radius 1 is 1.07 bits per heavy atom. The maximum absolute atomic E-state index is 13.1. The summed E-state index contributed by atoms with van der Waals surface area (Å²) in [6.45, 7) is 2.17. The van der Waals surface area contributed by atoms with Gasteiger partial charge in [-0.25, -0.2) is 4.39 Å². The first-order valence-electron chi connectivity index (χ1n) is 9.85. The second-order valence-corrected chi connectivity index (χ2v) is 7.27. The van der Waals surface area contributed by atoms with Crippen molar-refractivity contribution < 1.29 is 18.7 Å². The number of anilines is 1. The van der Waals surface area contributed by atoms with E-state index in [4.69, 9.17) is 4.74 Å². The van der Waals surface area contributed by atoms with Gasteiger partial charge in [-0.15, -0.1) is 0 Å². The van der Waals surface area contributed by atoms with Crippen LogP contribution in [0.5, 0.6) is 0 Å². The number of rotatable bonds is 4. The quantitative estimate of drug-likeness (QED) is 0.745. The van der Waals surface area contributed by atoms with E-state index >= 15 is 0 Å². The second-order valence-electron chi connectivity index (χ2n) is 7.27. The summed E-state index contributed by atoms with van der Waals surface area (Å²) in [7, 11) is 0. The van der Waals surface area contributed by atoms with E-state index in [1.165, 1.54) is 12.1 Å². The Labute approximate surface area is 169 Å². The van der Waals surface area contributed by atoms with Crippen LogP contribution in [0, 0.1) is 5.82 Å². The number of morpholine rings is 1. The molecule has 150 valence electrons. The first kappa shape index (κ1) is 19.3. The number of halogens is 1. The normalized spacial score (nSPS) is 19.9. The van der Waals surface area contributed by atoms with Crippen LogP contribution in [0.2, 0.25) is 0 Å². The number of hydrogen-bond acceptors (Lipinski definition) is 3. The Hall–Kier alpha value is -2.99. The average Bonchev–Trinajstić information content (AvgIpc) is 3.19. The van der Waals surface area contributed by atoms with E-state index in [0.29, 0.717) is 26.1 Å². The lowest BCUT2D eigenvalue weighted by Gasteiger charge is -2.32. The molecular weight excluding hydrogens is 371 g/mol. The van der Waals surface area contributed by atoms with Crippen molar-refractivity contribution in [1.29, 1.82) is 0 Å². The van der Waals surface area contributed by atoms with Crippen LogP contribution in [0.3, 0.4) is 0 Å². The van der Waals surface area contributed by atoms with Gasteiger partial charge in [0.05, 0.1) is 13.2 Å². The van der Waals surface area contributed by atoms with E-state index in [-0.39, 0.29) is 23.7 Å². The lowest BCUT2D eigenvalue weighted by molar-refractivity contribution is -0.133. The molecule has 1 atom stereocenters. The number of amides is 2. The molecule has 2 aromatic carbocycles. The fraction of sp³-hybridized carbons (Fsp3) is 0.304. The number of nitrogens with zero attached hydrogens (tertiary/aromatic N) is 2. The Kier molecular flexibility index (Phi) is 5.71. The third-order valence-corrected chi connectivity index (χ3v) is 5.32. The minimum Gasteiger partial charge on any atom is -0.370 e. The average molecular weight is 394 g/mol. The third kappa shape index (κ3) is 4.54. The van der Waals surface area contributed by atoms with Crippen molar-refractivity contribution in [2.75, 3.05) is 31.1 Å². The summed E-state index contributed by atoms with van der Waals surface area (Å²) >= 11 is 0. The molecule has 6 heteroatoms. The highest BCUT2D eigenvalue weighted by Gasteiger charge is 2.24. The highest BCUT2D eigenvalue weighted by molar-refractivity contribution is 5.95. The van der Waals surface area contributed by atoms with Gasteiger partial charge in [0.25, 0.3) is 0 Å². The zero-order chi connectivity index (χ0) is 20.2. The molecule has 2 aliphatic heterocycles. The maximum atomic E-state index is 13.1. The van der Waals surface area contributed by atoms with Crippen molar-refractivity contribution in [1.82, 2.24) is 4.90 Å². The minimum absolute atomic E-state index is 0.0841. The molecule has 29 heavy (non-hydrogen) atoms. The van der Waals surface area contributed by atoms with Gasteiger partial charge in [0, 0.05) is 31.3 Å². The summed E-state index contributed by atoms with van der Waals surface area (Å²) in [6, 6.07) is 13.8. The predicted molar refractivity (Wildman–Crippen MR) is 109 cm³/mol. The molecule has 2 fully saturated rings.